The van der Waals surface area contributed by atoms with Gasteiger partial charge in [0.05, 0.1) is 17.8 Å². The molecule has 1 fully saturated rings. The van der Waals surface area contributed by atoms with Crippen molar-refractivity contribution in [3.8, 4) is 0 Å². The van der Waals surface area contributed by atoms with Crippen LogP contribution in [-0.2, 0) is 0 Å². The lowest BCUT2D eigenvalue weighted by Gasteiger charge is -2.25. The minimum Gasteiger partial charge on any atom is -0.391 e. The van der Waals surface area contributed by atoms with Crippen LogP contribution in [0.15, 0.2) is 29.3 Å². The molecule has 1 aromatic carbocycles. The minimum absolute atomic E-state index is 0.0649. The van der Waals surface area contributed by atoms with Gasteiger partial charge < -0.3 is 15.4 Å². The lowest BCUT2D eigenvalue weighted by atomic mass is 10.1. The van der Waals surface area contributed by atoms with E-state index in [9.17, 15) is 5.11 Å². The van der Waals surface area contributed by atoms with Gasteiger partial charge in [-0.2, -0.15) is 0 Å². The Balaban J connectivity index is 2.13. The van der Waals surface area contributed by atoms with E-state index in [1.165, 1.54) is 0 Å². The van der Waals surface area contributed by atoms with Crippen LogP contribution in [0.1, 0.15) is 12.0 Å². The molecule has 0 aliphatic carbocycles. The van der Waals surface area contributed by atoms with E-state index in [1.807, 2.05) is 29.2 Å². The molecular weight excluding hydrogens is 248 g/mol. The molecule has 0 radical (unpaired) electrons. The summed E-state index contributed by atoms with van der Waals surface area (Å²) in [4.78, 5) is 7.24. The number of aliphatic imine (C=N–C) groups is 1. The fourth-order valence-corrected chi connectivity index (χ4v) is 2.91. The van der Waals surface area contributed by atoms with Crippen molar-refractivity contribution in [2.75, 3.05) is 6.54 Å². The van der Waals surface area contributed by atoms with Crippen molar-refractivity contribution < 1.29 is 5.11 Å². The van der Waals surface area contributed by atoms with Crippen LogP contribution in [0.4, 0.5) is 5.69 Å². The molecule has 2 atom stereocenters. The first kappa shape index (κ1) is 11.6. The third-order valence-corrected chi connectivity index (χ3v) is 3.83. The molecule has 5 nitrogen and oxygen atoms in total. The molecule has 3 rings (SSSR count). The number of thiocarbonyl (C=S) groups is 1. The largest absolute Gasteiger partial charge is 0.391 e. The van der Waals surface area contributed by atoms with E-state index >= 15 is 0 Å². The number of para-hydroxylation sites is 1. The zero-order chi connectivity index (χ0) is 12.7. The number of nitrogens with two attached hydrogens (primary N) is 1. The zero-order valence-corrected chi connectivity index (χ0v) is 10.5. The quantitative estimate of drug-likeness (QED) is 0.356. The average molecular weight is 262 g/mol. The van der Waals surface area contributed by atoms with Crippen molar-refractivity contribution in [1.29, 1.82) is 0 Å². The van der Waals surface area contributed by atoms with Gasteiger partial charge in [-0.05, 0) is 12.1 Å². The van der Waals surface area contributed by atoms with Gasteiger partial charge in [0.15, 0.2) is 0 Å². The second-order valence-corrected chi connectivity index (χ2v) is 4.91. The van der Waals surface area contributed by atoms with Crippen molar-refractivity contribution in [3.05, 3.63) is 29.8 Å². The molecule has 2 heterocycles. The highest BCUT2D eigenvalue weighted by molar-refractivity contribution is 7.80. The van der Waals surface area contributed by atoms with Gasteiger partial charge >= 0.3 is 0 Å². The van der Waals surface area contributed by atoms with Crippen molar-refractivity contribution >= 4 is 28.7 Å². The lowest BCUT2D eigenvalue weighted by molar-refractivity contribution is 0.188. The number of aliphatic hydroxyl groups excluding tert-OH is 1. The maximum absolute atomic E-state index is 9.81. The predicted octanol–water partition coefficient (Wildman–Crippen LogP) is 0.304. The van der Waals surface area contributed by atoms with Crippen LogP contribution in [0, 0.1) is 0 Å². The molecule has 2 aliphatic heterocycles. The van der Waals surface area contributed by atoms with Gasteiger partial charge in [0.2, 0.25) is 0 Å². The molecule has 6 heteroatoms. The van der Waals surface area contributed by atoms with Gasteiger partial charge in [-0.1, -0.05) is 24.4 Å². The van der Waals surface area contributed by atoms with Gasteiger partial charge in [-0.25, -0.2) is 10.8 Å². The molecule has 0 saturated carbocycles. The SMILES string of the molecule is NNC1=Nc2ccccc2C(=S)N2C[C@H](O)C[C@@H]12. The topological polar surface area (TPSA) is 73.9 Å². The third-order valence-electron chi connectivity index (χ3n) is 3.38. The summed E-state index contributed by atoms with van der Waals surface area (Å²) in [6.07, 6.45) is 0.203. The molecule has 1 saturated heterocycles. The maximum atomic E-state index is 9.81. The summed E-state index contributed by atoms with van der Waals surface area (Å²) < 4.78 is 0. The van der Waals surface area contributed by atoms with E-state index in [-0.39, 0.29) is 6.04 Å². The van der Waals surface area contributed by atoms with Crippen LogP contribution < -0.4 is 11.3 Å². The van der Waals surface area contributed by atoms with Gasteiger partial charge in [-0.15, -0.1) is 0 Å². The summed E-state index contributed by atoms with van der Waals surface area (Å²) >= 11 is 5.51. The second-order valence-electron chi connectivity index (χ2n) is 4.52. The smallest absolute Gasteiger partial charge is 0.139 e. The van der Waals surface area contributed by atoms with Crippen LogP contribution in [0.3, 0.4) is 0 Å². The summed E-state index contributed by atoms with van der Waals surface area (Å²) in [6, 6.07) is 7.65. The number of benzene rings is 1. The highest BCUT2D eigenvalue weighted by Gasteiger charge is 2.38. The average Bonchev–Trinajstić information content (AvgIpc) is 2.73. The highest BCUT2D eigenvalue weighted by Crippen LogP contribution is 2.30. The van der Waals surface area contributed by atoms with Crippen LogP contribution in [0.2, 0.25) is 0 Å². The normalized spacial score (nSPS) is 26.2. The van der Waals surface area contributed by atoms with E-state index in [0.717, 1.165) is 16.2 Å². The molecule has 94 valence electrons. The number of amidine groups is 1. The molecule has 18 heavy (non-hydrogen) atoms. The Morgan fingerprint density at radius 1 is 1.44 bits per heavy atom. The zero-order valence-electron chi connectivity index (χ0n) is 9.71. The third kappa shape index (κ3) is 1.69. The number of nitrogens with one attached hydrogen (secondary N) is 1. The van der Waals surface area contributed by atoms with E-state index in [4.69, 9.17) is 18.1 Å². The second kappa shape index (κ2) is 4.31. The first-order valence-electron chi connectivity index (χ1n) is 5.84. The molecule has 0 amide bonds. The number of hydrogen-bond donors (Lipinski definition) is 3. The monoisotopic (exact) mass is 262 g/mol. The van der Waals surface area contributed by atoms with Gasteiger partial charge in [-0.3, -0.25) is 0 Å². The Morgan fingerprint density at radius 2 is 2.22 bits per heavy atom. The van der Waals surface area contributed by atoms with Gasteiger partial charge in [0, 0.05) is 18.5 Å². The molecule has 0 unspecified atom stereocenters. The van der Waals surface area contributed by atoms with E-state index in [2.05, 4.69) is 10.4 Å². The number of rotatable bonds is 0. The molecule has 0 spiro atoms. The summed E-state index contributed by atoms with van der Waals surface area (Å²) in [7, 11) is 0. The summed E-state index contributed by atoms with van der Waals surface area (Å²) in [5, 5.41) is 9.81. The Labute approximate surface area is 110 Å². The molecule has 0 bridgehead atoms. The standard InChI is InChI=1S/C12H14N4OS/c13-15-11-10-5-7(17)6-16(10)12(18)8-3-1-2-4-9(8)14-11/h1-4,7,10,17H,5-6,13H2,(H,14,15)/t7-,10+/m1/s1. The summed E-state index contributed by atoms with van der Waals surface area (Å²) in [5.74, 6) is 6.20. The van der Waals surface area contributed by atoms with Crippen molar-refractivity contribution in [3.63, 3.8) is 0 Å². The van der Waals surface area contributed by atoms with Crippen LogP contribution in [0.5, 0.6) is 0 Å². The maximum Gasteiger partial charge on any atom is 0.139 e. The molecular formula is C12H14N4OS. The summed E-state index contributed by atoms with van der Waals surface area (Å²) in [5.41, 5.74) is 4.37. The molecule has 0 aromatic heterocycles. The fourth-order valence-electron chi connectivity index (χ4n) is 2.54. The Morgan fingerprint density at radius 3 is 3.00 bits per heavy atom. The highest BCUT2D eigenvalue weighted by atomic mass is 32.1. The van der Waals surface area contributed by atoms with E-state index in [1.54, 1.807) is 0 Å². The molecule has 2 aliphatic rings. The first-order valence-corrected chi connectivity index (χ1v) is 6.25. The van der Waals surface area contributed by atoms with Crippen LogP contribution in [0.25, 0.3) is 0 Å². The van der Waals surface area contributed by atoms with Crippen LogP contribution >= 0.6 is 12.2 Å². The van der Waals surface area contributed by atoms with Gasteiger partial charge in [0.1, 0.15) is 10.8 Å². The Hall–Kier alpha value is -1.50. The number of nitrogens with zero attached hydrogens (tertiary/aromatic N) is 2. The van der Waals surface area contributed by atoms with Gasteiger partial charge in [0.25, 0.3) is 0 Å². The van der Waals surface area contributed by atoms with Crippen molar-refractivity contribution in [1.82, 2.24) is 10.3 Å². The summed E-state index contributed by atoms with van der Waals surface area (Å²) in [6.45, 7) is 0.526. The fraction of sp³-hybridized carbons (Fsp3) is 0.333. The predicted molar refractivity (Wildman–Crippen MR) is 73.7 cm³/mol. The van der Waals surface area contributed by atoms with Crippen LogP contribution in [-0.4, -0.2) is 39.5 Å². The van der Waals surface area contributed by atoms with E-state index in [0.29, 0.717) is 18.8 Å². The number of fused-ring (bicyclic) bond motifs is 2. The molecule has 4 N–H and O–H groups in total. The first-order chi connectivity index (χ1) is 8.70. The van der Waals surface area contributed by atoms with Crippen molar-refractivity contribution in [2.45, 2.75) is 18.6 Å². The number of hydrazine groups is 1. The van der Waals surface area contributed by atoms with Crippen molar-refractivity contribution in [2.24, 2.45) is 10.8 Å². The molecule has 1 aromatic rings. The lowest BCUT2D eigenvalue weighted by Crippen LogP contribution is -2.46. The minimum atomic E-state index is -0.392. The number of hydrogen-bond acceptors (Lipinski definition) is 5. The Bertz CT molecular complexity index is 531. The Kier molecular flexibility index (Phi) is 2.77. The van der Waals surface area contributed by atoms with E-state index < -0.39 is 6.10 Å². The number of aliphatic hydroxyl groups is 1.